The zero-order chi connectivity index (χ0) is 51.9. The Morgan fingerprint density at radius 2 is 1.64 bits per heavy atom. The molecule has 0 saturated carbocycles. The lowest BCUT2D eigenvalue weighted by Gasteiger charge is -2.51. The number of hydrogen-bond donors (Lipinski definition) is 7. The van der Waals surface area contributed by atoms with Crippen LogP contribution in [0.1, 0.15) is 103 Å². The molecule has 4 aliphatic heterocycles. The van der Waals surface area contributed by atoms with Gasteiger partial charge >= 0.3 is 17.9 Å². The summed E-state index contributed by atoms with van der Waals surface area (Å²) in [4.78, 5) is 39.8. The largest absolute Gasteiger partial charge is 0.505 e. The number of allylic oxidation sites excluding steroid dienone is 4. The maximum absolute atomic E-state index is 13.9. The van der Waals surface area contributed by atoms with Crippen LogP contribution in [0.25, 0.3) is 0 Å². The normalized spacial score (nSPS) is 37.5. The van der Waals surface area contributed by atoms with Crippen LogP contribution in [-0.4, -0.2) is 153 Å². The Morgan fingerprint density at radius 3 is 2.29 bits per heavy atom. The molecular weight excluding hydrogens is 959 g/mol. The number of cyclic esters (lactones) is 1. The minimum atomic E-state index is -1.57. The van der Waals surface area contributed by atoms with Gasteiger partial charge in [-0.25, -0.2) is 9.59 Å². The summed E-state index contributed by atoms with van der Waals surface area (Å²) in [5, 5.41) is 76.3. The van der Waals surface area contributed by atoms with Crippen LogP contribution in [0.15, 0.2) is 58.7 Å². The Bertz CT molecular complexity index is 2200. The number of fused-ring (bicyclic) bond motifs is 3. The zero-order valence-electron chi connectivity index (χ0n) is 40.9. The van der Waals surface area contributed by atoms with Crippen molar-refractivity contribution < 1.29 is 88.0 Å². The van der Waals surface area contributed by atoms with Crippen molar-refractivity contribution in [1.29, 1.82) is 0 Å². The van der Waals surface area contributed by atoms with Crippen molar-refractivity contribution in [3.8, 4) is 11.5 Å². The summed E-state index contributed by atoms with van der Waals surface area (Å²) < 4.78 is 47.5. The van der Waals surface area contributed by atoms with Gasteiger partial charge in [-0.15, -0.1) is 0 Å². The monoisotopic (exact) mass is 1030 g/mol. The number of phenolic OH excluding ortho intramolecular Hbond substituents is 2. The molecule has 0 amide bonds. The van der Waals surface area contributed by atoms with Gasteiger partial charge in [-0.05, 0) is 90.0 Å². The first-order chi connectivity index (χ1) is 33.0. The molecule has 15 unspecified atom stereocenters. The van der Waals surface area contributed by atoms with Gasteiger partial charge in [0.1, 0.15) is 46.7 Å². The van der Waals surface area contributed by atoms with Gasteiger partial charge in [0, 0.05) is 25.9 Å². The van der Waals surface area contributed by atoms with E-state index in [1.165, 1.54) is 33.1 Å². The number of esters is 3. The number of aliphatic hydroxyl groups excluding tert-OH is 5. The first-order valence-corrected chi connectivity index (χ1v) is 24.2. The lowest BCUT2D eigenvalue weighted by atomic mass is 9.78. The van der Waals surface area contributed by atoms with E-state index in [0.29, 0.717) is 29.6 Å². The first-order valence-electron chi connectivity index (χ1n) is 23.4. The number of methoxy groups -OCH3 is 1. The highest BCUT2D eigenvalue weighted by atomic mass is 35.5. The van der Waals surface area contributed by atoms with Crippen LogP contribution in [0.5, 0.6) is 11.5 Å². The van der Waals surface area contributed by atoms with Crippen LogP contribution in [0.4, 0.5) is 0 Å². The van der Waals surface area contributed by atoms with Crippen LogP contribution < -0.4 is 0 Å². The number of hydrogen-bond acceptors (Lipinski definition) is 18. The minimum Gasteiger partial charge on any atom is -0.505 e. The van der Waals surface area contributed by atoms with Crippen molar-refractivity contribution in [2.75, 3.05) is 13.7 Å². The minimum absolute atomic E-state index is 0.0370. The van der Waals surface area contributed by atoms with Crippen molar-refractivity contribution in [1.82, 2.24) is 0 Å². The number of rotatable bonds is 10. The third kappa shape index (κ3) is 13.0. The molecule has 3 saturated heterocycles. The SMILES string of the molecule is CCC(=O)OC1C(O)C(O)C2OC3/C(C)=C/C(C)=C/CC(C(C)O)OC(=O)/C(COC4OC(C)C(OC(=O)c5c(O)c(Cl)c(O)c(Cl)c5CC)C(O)C4OC)=C/C=C/CC(O)/C(C)=C/C3CCC1(C)O2. The Morgan fingerprint density at radius 1 is 0.943 bits per heavy atom. The quantitative estimate of drug-likeness (QED) is 0.0884. The Kier molecular flexibility index (Phi) is 20.1. The summed E-state index contributed by atoms with van der Waals surface area (Å²) in [5.41, 5.74) is 0.409. The van der Waals surface area contributed by atoms with Gasteiger partial charge in [0.25, 0.3) is 0 Å². The van der Waals surface area contributed by atoms with Gasteiger partial charge in [0.2, 0.25) is 0 Å². The average Bonchev–Trinajstić information content (AvgIpc) is 3.31. The highest BCUT2D eigenvalue weighted by Gasteiger charge is 2.56. The van der Waals surface area contributed by atoms with E-state index in [1.807, 2.05) is 26.0 Å². The van der Waals surface area contributed by atoms with Gasteiger partial charge < -0.3 is 73.6 Å². The lowest BCUT2D eigenvalue weighted by molar-refractivity contribution is -0.345. The molecule has 0 aliphatic carbocycles. The third-order valence-corrected chi connectivity index (χ3v) is 14.0. The predicted octanol–water partition coefficient (Wildman–Crippen LogP) is 5.35. The summed E-state index contributed by atoms with van der Waals surface area (Å²) in [6.45, 7) is 12.9. The van der Waals surface area contributed by atoms with Crippen molar-refractivity contribution in [2.45, 2.75) is 179 Å². The second-order valence-electron chi connectivity index (χ2n) is 18.5. The Hall–Kier alpha value is -3.89. The maximum atomic E-state index is 13.9. The molecule has 0 radical (unpaired) electrons. The molecule has 3 fully saturated rings. The molecule has 2 bridgehead atoms. The lowest BCUT2D eigenvalue weighted by Crippen LogP contribution is -2.66. The summed E-state index contributed by atoms with van der Waals surface area (Å²) in [6, 6.07) is 0. The molecule has 7 N–H and O–H groups in total. The van der Waals surface area contributed by atoms with Crippen LogP contribution in [0.2, 0.25) is 10.0 Å². The molecule has 0 spiro atoms. The number of carbonyl (C=O) groups is 3. The number of benzene rings is 1. The predicted molar refractivity (Wildman–Crippen MR) is 254 cm³/mol. The molecular formula is C50H68Cl2O18. The number of halogens is 2. The molecule has 0 aromatic heterocycles. The Labute approximate surface area is 418 Å². The van der Waals surface area contributed by atoms with Crippen molar-refractivity contribution >= 4 is 41.1 Å². The first kappa shape index (κ1) is 57.0. The second kappa shape index (κ2) is 24.7. The molecule has 20 heteroatoms. The van der Waals surface area contributed by atoms with Gasteiger partial charge in [-0.3, -0.25) is 4.79 Å². The van der Waals surface area contributed by atoms with Crippen molar-refractivity contribution in [3.63, 3.8) is 0 Å². The number of ether oxygens (including phenoxy) is 8. The highest BCUT2D eigenvalue weighted by Crippen LogP contribution is 2.46. The van der Waals surface area contributed by atoms with Gasteiger partial charge in [-0.2, -0.15) is 0 Å². The van der Waals surface area contributed by atoms with E-state index in [4.69, 9.17) is 61.1 Å². The summed E-state index contributed by atoms with van der Waals surface area (Å²) in [7, 11) is 1.26. The van der Waals surface area contributed by atoms with E-state index in [9.17, 15) is 50.1 Å². The van der Waals surface area contributed by atoms with Gasteiger partial charge in [0.05, 0.1) is 41.6 Å². The van der Waals surface area contributed by atoms with Gasteiger partial charge in [-0.1, -0.05) is 73.0 Å². The molecule has 5 rings (SSSR count). The van der Waals surface area contributed by atoms with E-state index < -0.39 is 138 Å². The summed E-state index contributed by atoms with van der Waals surface area (Å²) >= 11 is 12.3. The Balaban J connectivity index is 1.40. The average molecular weight is 1030 g/mol. The topological polar surface area (TPSA) is 267 Å². The molecule has 1 aromatic carbocycles. The van der Waals surface area contributed by atoms with Crippen molar-refractivity contribution in [2.24, 2.45) is 5.92 Å². The standard InChI is InChI=1S/C50H68Cl2O18/c1-10-30-34(37(56)36(52)38(57)35(30)51)47(62)68-43-27(7)65-49(44(63-9)41(43)60)64-22-29-14-12-13-15-31(54)24(4)21-28-18-19-50(8)45(67-33(55)11-2)39(58)40(59)48(70-50)69-42(28)25(5)20-23(3)16-17-32(26(6)53)66-46(29)61/h12-14,16,20-21,26-28,31-32,39-45,48-49,53-54,56-60H,10-11,15,17-19,22H2,1-9H3/b13-12+,23-16+,24-21+,25-20+,29-14+. The van der Waals surface area contributed by atoms with E-state index in [1.54, 1.807) is 39.8 Å². The van der Waals surface area contributed by atoms with E-state index in [0.717, 1.165) is 0 Å². The van der Waals surface area contributed by atoms with E-state index >= 15 is 0 Å². The van der Waals surface area contributed by atoms with Crippen LogP contribution in [0, 0.1) is 5.92 Å². The van der Waals surface area contributed by atoms with Crippen LogP contribution in [0.3, 0.4) is 0 Å². The third-order valence-electron chi connectivity index (χ3n) is 13.2. The second-order valence-corrected chi connectivity index (χ2v) is 19.2. The molecule has 70 heavy (non-hydrogen) atoms. The fraction of sp³-hybridized carbons (Fsp3) is 0.620. The fourth-order valence-electron chi connectivity index (χ4n) is 9.02. The number of carbonyl (C=O) groups excluding carboxylic acids is 3. The summed E-state index contributed by atoms with van der Waals surface area (Å²) in [6.07, 6.45) is -4.91. The summed E-state index contributed by atoms with van der Waals surface area (Å²) in [5.74, 6) is -4.29. The molecule has 15 atom stereocenters. The van der Waals surface area contributed by atoms with Crippen molar-refractivity contribution in [3.05, 3.63) is 79.9 Å². The molecule has 390 valence electrons. The van der Waals surface area contributed by atoms with Crippen LogP contribution in [-0.2, 0) is 53.9 Å². The molecule has 4 heterocycles. The molecule has 4 aliphatic rings. The molecule has 18 nitrogen and oxygen atoms in total. The zero-order valence-corrected chi connectivity index (χ0v) is 42.4. The smallest absolute Gasteiger partial charge is 0.342 e. The van der Waals surface area contributed by atoms with E-state index in [2.05, 4.69) is 0 Å². The van der Waals surface area contributed by atoms with Crippen LogP contribution >= 0.6 is 23.2 Å². The van der Waals surface area contributed by atoms with E-state index in [-0.39, 0.29) is 41.8 Å². The maximum Gasteiger partial charge on any atom is 0.342 e. The van der Waals surface area contributed by atoms with Gasteiger partial charge in [0.15, 0.2) is 36.3 Å². The number of aromatic hydroxyl groups is 2. The highest BCUT2D eigenvalue weighted by molar-refractivity contribution is 6.39. The molecule has 1 aromatic rings. The fourth-order valence-corrected chi connectivity index (χ4v) is 9.58. The number of phenols is 2. The number of aliphatic hydroxyl groups is 5.